The van der Waals surface area contributed by atoms with Gasteiger partial charge in [-0.15, -0.1) is 11.8 Å². The summed E-state index contributed by atoms with van der Waals surface area (Å²) >= 11 is 1.31. The van der Waals surface area contributed by atoms with Crippen LogP contribution in [0.3, 0.4) is 0 Å². The van der Waals surface area contributed by atoms with Crippen molar-refractivity contribution in [3.63, 3.8) is 0 Å². The van der Waals surface area contributed by atoms with Crippen LogP contribution in [0.4, 0.5) is 0 Å². The molecule has 1 aromatic rings. The van der Waals surface area contributed by atoms with E-state index in [0.29, 0.717) is 0 Å². The number of carboxylic acid groups (broad SMARTS) is 1. The number of carboxylic acids is 1. The molecule has 0 saturated carbocycles. The van der Waals surface area contributed by atoms with Crippen molar-refractivity contribution in [1.29, 1.82) is 0 Å². The Hall–Kier alpha value is -1.12. The second-order valence-electron chi connectivity index (χ2n) is 3.86. The number of aromatic nitrogens is 1. The van der Waals surface area contributed by atoms with Gasteiger partial charge in [0.15, 0.2) is 0 Å². The summed E-state index contributed by atoms with van der Waals surface area (Å²) in [5.74, 6) is -0.977. The summed E-state index contributed by atoms with van der Waals surface area (Å²) in [4.78, 5) is 14.9. The molecule has 1 unspecified atom stereocenters. The average molecular weight is 288 g/mol. The third-order valence-electron chi connectivity index (χ3n) is 2.71. The van der Waals surface area contributed by atoms with Crippen LogP contribution < -0.4 is 0 Å². The Morgan fingerprint density at radius 3 is 2.89 bits per heavy atom. The van der Waals surface area contributed by atoms with E-state index in [2.05, 4.69) is 4.98 Å². The number of carbonyl (C=O) groups is 1. The molecule has 0 radical (unpaired) electrons. The van der Waals surface area contributed by atoms with E-state index in [1.165, 1.54) is 36.3 Å². The van der Waals surface area contributed by atoms with E-state index in [0.717, 1.165) is 4.31 Å². The first kappa shape index (κ1) is 13.3. The van der Waals surface area contributed by atoms with Gasteiger partial charge in [-0.05, 0) is 12.1 Å². The molecule has 2 atom stereocenters. The monoisotopic (exact) mass is 288 g/mol. The van der Waals surface area contributed by atoms with Crippen molar-refractivity contribution in [2.45, 2.75) is 23.1 Å². The van der Waals surface area contributed by atoms with E-state index < -0.39 is 22.0 Å². The second kappa shape index (κ2) is 4.87. The first-order valence-corrected chi connectivity index (χ1v) is 7.70. The van der Waals surface area contributed by atoms with Gasteiger partial charge in [0.2, 0.25) is 10.0 Å². The van der Waals surface area contributed by atoms with Crippen LogP contribution in [0.15, 0.2) is 29.4 Å². The van der Waals surface area contributed by atoms with Crippen molar-refractivity contribution < 1.29 is 18.3 Å². The lowest BCUT2D eigenvalue weighted by molar-refractivity contribution is -0.140. The number of nitrogens with zero attached hydrogens (tertiary/aromatic N) is 2. The molecule has 1 aromatic heterocycles. The molecule has 1 saturated heterocycles. The quantitative estimate of drug-likeness (QED) is 0.877. The molecule has 0 amide bonds. The predicted octanol–water partition coefficient (Wildman–Crippen LogP) is 0.618. The highest BCUT2D eigenvalue weighted by molar-refractivity contribution is 8.01. The van der Waals surface area contributed by atoms with Gasteiger partial charge < -0.3 is 5.11 Å². The topological polar surface area (TPSA) is 87.6 Å². The standard InChI is InChI=1S/C10H12N2O4S2/c1-7-9(10(13)14)12(6-17-7)18(15,16)8-3-2-4-11-5-8/h2-5,7,9H,6H2,1H3,(H,13,14)/t7?,9-/m0/s1. The average Bonchev–Trinajstić information content (AvgIpc) is 2.73. The van der Waals surface area contributed by atoms with Gasteiger partial charge >= 0.3 is 5.97 Å². The van der Waals surface area contributed by atoms with Gasteiger partial charge in [0.05, 0.1) is 5.88 Å². The Balaban J connectivity index is 2.40. The molecule has 0 bridgehead atoms. The third-order valence-corrected chi connectivity index (χ3v) is 5.90. The SMILES string of the molecule is CC1SCN(S(=O)(=O)c2cccnc2)[C@@H]1C(=O)O. The Bertz CT molecular complexity index is 546. The number of pyridine rings is 1. The lowest BCUT2D eigenvalue weighted by atomic mass is 10.2. The maximum atomic E-state index is 12.3. The first-order valence-electron chi connectivity index (χ1n) is 5.21. The number of aliphatic carboxylic acids is 1. The largest absolute Gasteiger partial charge is 0.480 e. The van der Waals surface area contributed by atoms with Crippen molar-refractivity contribution in [2.75, 3.05) is 5.88 Å². The Labute approximate surface area is 109 Å². The Morgan fingerprint density at radius 2 is 2.33 bits per heavy atom. The number of hydrogen-bond donors (Lipinski definition) is 1. The molecule has 0 spiro atoms. The predicted molar refractivity (Wildman–Crippen MR) is 66.6 cm³/mol. The van der Waals surface area contributed by atoms with Crippen molar-refractivity contribution in [1.82, 2.24) is 9.29 Å². The van der Waals surface area contributed by atoms with E-state index in [1.54, 1.807) is 6.92 Å². The van der Waals surface area contributed by atoms with E-state index in [-0.39, 0.29) is 16.0 Å². The minimum absolute atomic E-state index is 0.0194. The van der Waals surface area contributed by atoms with Gasteiger partial charge in [0, 0.05) is 17.6 Å². The lowest BCUT2D eigenvalue weighted by Crippen LogP contribution is -2.44. The van der Waals surface area contributed by atoms with Gasteiger partial charge in [0.25, 0.3) is 0 Å². The number of sulfonamides is 1. The fraction of sp³-hybridized carbons (Fsp3) is 0.400. The first-order chi connectivity index (χ1) is 8.44. The highest BCUT2D eigenvalue weighted by Crippen LogP contribution is 2.33. The second-order valence-corrected chi connectivity index (χ2v) is 7.09. The molecule has 0 aliphatic carbocycles. The number of rotatable bonds is 3. The van der Waals surface area contributed by atoms with Crippen LogP contribution in [0, 0.1) is 0 Å². The third kappa shape index (κ3) is 2.23. The molecule has 8 heteroatoms. The van der Waals surface area contributed by atoms with Gasteiger partial charge in [-0.1, -0.05) is 6.92 Å². The molecule has 18 heavy (non-hydrogen) atoms. The molecular weight excluding hydrogens is 276 g/mol. The fourth-order valence-electron chi connectivity index (χ4n) is 1.77. The summed E-state index contributed by atoms with van der Waals surface area (Å²) in [5.41, 5.74) is 0. The van der Waals surface area contributed by atoms with Crippen LogP contribution in [0.1, 0.15) is 6.92 Å². The summed E-state index contributed by atoms with van der Waals surface area (Å²) in [6.45, 7) is 1.71. The van der Waals surface area contributed by atoms with Crippen LogP contribution in [0.2, 0.25) is 0 Å². The number of thioether (sulfide) groups is 1. The van der Waals surface area contributed by atoms with Crippen LogP contribution >= 0.6 is 11.8 Å². The molecule has 98 valence electrons. The van der Waals surface area contributed by atoms with Crippen molar-refractivity contribution in [3.8, 4) is 0 Å². The zero-order valence-corrected chi connectivity index (χ0v) is 11.2. The van der Waals surface area contributed by atoms with Crippen LogP contribution in [0.25, 0.3) is 0 Å². The van der Waals surface area contributed by atoms with E-state index in [1.807, 2.05) is 0 Å². The molecule has 1 aliphatic heterocycles. The van der Waals surface area contributed by atoms with E-state index >= 15 is 0 Å². The van der Waals surface area contributed by atoms with Crippen LogP contribution in [0.5, 0.6) is 0 Å². The summed E-state index contributed by atoms with van der Waals surface area (Å²) in [5, 5.41) is 8.86. The summed E-state index contributed by atoms with van der Waals surface area (Å²) in [6.07, 6.45) is 2.69. The Morgan fingerprint density at radius 1 is 1.61 bits per heavy atom. The van der Waals surface area contributed by atoms with Crippen molar-refractivity contribution in [3.05, 3.63) is 24.5 Å². The lowest BCUT2D eigenvalue weighted by Gasteiger charge is -2.21. The van der Waals surface area contributed by atoms with Gasteiger partial charge in [-0.25, -0.2) is 8.42 Å². The smallest absolute Gasteiger partial charge is 0.323 e. The highest BCUT2D eigenvalue weighted by Gasteiger charge is 2.44. The normalized spacial score (nSPS) is 25.2. The maximum absolute atomic E-state index is 12.3. The fourth-order valence-corrected chi connectivity index (χ4v) is 4.86. The van der Waals surface area contributed by atoms with E-state index in [4.69, 9.17) is 5.11 Å². The Kier molecular flexibility index (Phi) is 3.60. The highest BCUT2D eigenvalue weighted by atomic mass is 32.2. The zero-order chi connectivity index (χ0) is 13.3. The molecule has 2 rings (SSSR count). The van der Waals surface area contributed by atoms with Crippen LogP contribution in [-0.2, 0) is 14.8 Å². The summed E-state index contributed by atoms with van der Waals surface area (Å²) in [6, 6.07) is 1.89. The number of hydrogen-bond acceptors (Lipinski definition) is 5. The molecule has 6 nitrogen and oxygen atoms in total. The molecule has 1 N–H and O–H groups in total. The maximum Gasteiger partial charge on any atom is 0.323 e. The molecule has 2 heterocycles. The molecular formula is C10H12N2O4S2. The van der Waals surface area contributed by atoms with E-state index in [9.17, 15) is 13.2 Å². The van der Waals surface area contributed by atoms with Gasteiger partial charge in [-0.3, -0.25) is 9.78 Å². The molecule has 0 aromatic carbocycles. The minimum Gasteiger partial charge on any atom is -0.480 e. The van der Waals surface area contributed by atoms with Gasteiger partial charge in [0.1, 0.15) is 10.9 Å². The zero-order valence-electron chi connectivity index (χ0n) is 9.55. The van der Waals surface area contributed by atoms with Crippen molar-refractivity contribution >= 4 is 27.8 Å². The van der Waals surface area contributed by atoms with Crippen molar-refractivity contribution in [2.24, 2.45) is 0 Å². The molecule has 1 fully saturated rings. The van der Waals surface area contributed by atoms with Gasteiger partial charge in [-0.2, -0.15) is 4.31 Å². The minimum atomic E-state index is -3.80. The molecule has 1 aliphatic rings. The van der Waals surface area contributed by atoms with Crippen LogP contribution in [-0.4, -0.2) is 46.0 Å². The summed E-state index contributed by atoms with van der Waals surface area (Å²) in [7, 11) is -3.80. The summed E-state index contributed by atoms with van der Waals surface area (Å²) < 4.78 is 25.6.